The van der Waals surface area contributed by atoms with Gasteiger partial charge in [-0.3, -0.25) is 19.3 Å². The van der Waals surface area contributed by atoms with Crippen molar-refractivity contribution in [1.82, 2.24) is 24.1 Å². The van der Waals surface area contributed by atoms with Gasteiger partial charge in [0.25, 0.3) is 5.91 Å². The molecule has 1 fully saturated rings. The molecule has 0 aliphatic carbocycles. The summed E-state index contributed by atoms with van der Waals surface area (Å²) in [5, 5.41) is 7.59. The first-order chi connectivity index (χ1) is 21.2. The van der Waals surface area contributed by atoms with E-state index in [9.17, 15) is 18.8 Å². The molecule has 1 N–H and O–H groups in total. The van der Waals surface area contributed by atoms with Gasteiger partial charge in [-0.25, -0.2) is 9.07 Å². The van der Waals surface area contributed by atoms with E-state index in [1.54, 1.807) is 57.9 Å². The summed E-state index contributed by atoms with van der Waals surface area (Å²) in [6, 6.07) is 9.75. The number of aromatic nitrogens is 3. The molecule has 2 amide bonds. The molecule has 0 bridgehead atoms. The maximum Gasteiger partial charge on any atom is 0.257 e. The predicted molar refractivity (Wildman–Crippen MR) is 167 cm³/mol. The molecule has 0 saturated carbocycles. The van der Waals surface area contributed by atoms with Crippen LogP contribution in [0.3, 0.4) is 0 Å². The second-order valence-electron chi connectivity index (χ2n) is 10.9. The van der Waals surface area contributed by atoms with E-state index in [1.165, 1.54) is 12.1 Å². The van der Waals surface area contributed by atoms with E-state index in [0.717, 1.165) is 37.4 Å². The number of ether oxygens (including phenoxy) is 1. The number of hydrogen-bond acceptors (Lipinski definition) is 6. The fraction of sp³-hybridized carbons (Fsp3) is 0.375. The minimum absolute atomic E-state index is 0.0381. The van der Waals surface area contributed by atoms with Crippen LogP contribution in [0.2, 0.25) is 5.02 Å². The Kier molecular flexibility index (Phi) is 9.77. The number of ketones is 1. The number of fused-ring (bicyclic) bond motifs is 1. The number of Topliss-reactive ketones (excluding diaryl/α,β-unsaturated/α-hetero) is 1. The zero-order valence-electron chi connectivity index (χ0n) is 25.1. The smallest absolute Gasteiger partial charge is 0.257 e. The summed E-state index contributed by atoms with van der Waals surface area (Å²) >= 11 is 6.10. The molecule has 1 aliphatic rings. The number of nitrogens with zero attached hydrogens (tertiary/aromatic N) is 5. The number of carbonyl (C=O) groups is 3. The van der Waals surface area contributed by atoms with Gasteiger partial charge in [0, 0.05) is 63.5 Å². The molecule has 1 saturated heterocycles. The van der Waals surface area contributed by atoms with Gasteiger partial charge in [0.15, 0.2) is 5.78 Å². The van der Waals surface area contributed by atoms with Crippen LogP contribution < -0.4 is 5.32 Å². The monoisotopic (exact) mass is 622 g/mol. The zero-order chi connectivity index (χ0) is 31.4. The van der Waals surface area contributed by atoms with Gasteiger partial charge in [0.1, 0.15) is 12.4 Å². The fourth-order valence-corrected chi connectivity index (χ4v) is 5.64. The maximum absolute atomic E-state index is 14.5. The topological polar surface area (TPSA) is 102 Å². The van der Waals surface area contributed by atoms with E-state index in [1.807, 2.05) is 13.8 Å². The van der Waals surface area contributed by atoms with E-state index >= 15 is 0 Å². The number of anilines is 1. The molecular weight excluding hydrogens is 587 g/mol. The molecule has 12 heteroatoms. The molecule has 0 unspecified atom stereocenters. The number of benzene rings is 2. The van der Waals surface area contributed by atoms with Gasteiger partial charge in [-0.05, 0) is 49.7 Å². The van der Waals surface area contributed by atoms with Crippen LogP contribution in [0.1, 0.15) is 46.2 Å². The van der Waals surface area contributed by atoms with Crippen molar-refractivity contribution in [2.75, 3.05) is 51.8 Å². The van der Waals surface area contributed by atoms with Gasteiger partial charge in [0.2, 0.25) is 5.91 Å². The van der Waals surface area contributed by atoms with Crippen LogP contribution >= 0.6 is 11.6 Å². The van der Waals surface area contributed by atoms with Gasteiger partial charge < -0.3 is 19.5 Å². The minimum atomic E-state index is -0.631. The van der Waals surface area contributed by atoms with Crippen LogP contribution in [0, 0.1) is 12.7 Å². The highest BCUT2D eigenvalue weighted by Gasteiger charge is 2.24. The highest BCUT2D eigenvalue weighted by Crippen LogP contribution is 2.29. The molecule has 5 rings (SSSR count). The van der Waals surface area contributed by atoms with E-state index in [0.29, 0.717) is 48.3 Å². The van der Waals surface area contributed by atoms with Gasteiger partial charge in [-0.15, -0.1) is 0 Å². The van der Waals surface area contributed by atoms with Crippen LogP contribution in [-0.4, -0.2) is 88.2 Å². The lowest BCUT2D eigenvalue weighted by atomic mass is 10.1. The number of rotatable bonds is 11. The third-order valence-corrected chi connectivity index (χ3v) is 8.26. The molecule has 0 spiro atoms. The standard InChI is InChI=1S/C32H36ClFN6O4/c1-4-5-30(41)25-18-35-40(21(25)2)23-8-6-22(7-9-23)36-32(43)26-19-39(29-17-28(34)27(33)16-24(26)29)20-31(42)38-12-10-37(11-13-38)14-15-44-3/h6-9,16-19H,4-5,10-15,20H2,1-3H3,(H,36,43). The number of carbonyl (C=O) groups excluding carboxylic acids is 3. The van der Waals surface area contributed by atoms with E-state index in [4.69, 9.17) is 16.3 Å². The quantitative estimate of drug-likeness (QED) is 0.238. The first kappa shape index (κ1) is 31.4. The number of nitrogens with one attached hydrogen (secondary N) is 1. The summed E-state index contributed by atoms with van der Waals surface area (Å²) in [6.07, 6.45) is 4.38. The summed E-state index contributed by atoms with van der Waals surface area (Å²) in [7, 11) is 1.67. The number of halogens is 2. The van der Waals surface area contributed by atoms with E-state index < -0.39 is 11.7 Å². The molecular formula is C32H36ClFN6O4. The van der Waals surface area contributed by atoms with Gasteiger partial charge >= 0.3 is 0 Å². The molecule has 10 nitrogen and oxygen atoms in total. The maximum atomic E-state index is 14.5. The van der Waals surface area contributed by atoms with Crippen molar-refractivity contribution in [2.45, 2.75) is 33.2 Å². The second-order valence-corrected chi connectivity index (χ2v) is 11.3. The van der Waals surface area contributed by atoms with Crippen molar-refractivity contribution in [3.05, 3.63) is 76.5 Å². The summed E-state index contributed by atoms with van der Waals surface area (Å²) in [5.41, 5.74) is 3.29. The van der Waals surface area contributed by atoms with Crippen LogP contribution in [0.15, 0.2) is 48.8 Å². The third kappa shape index (κ3) is 6.69. The van der Waals surface area contributed by atoms with Gasteiger partial charge in [-0.2, -0.15) is 5.10 Å². The Morgan fingerprint density at radius 3 is 2.48 bits per heavy atom. The molecule has 1 aliphatic heterocycles. The molecule has 3 heterocycles. The number of hydrogen-bond donors (Lipinski definition) is 1. The summed E-state index contributed by atoms with van der Waals surface area (Å²) in [4.78, 5) is 43.1. The van der Waals surface area contributed by atoms with Crippen molar-refractivity contribution in [3.8, 4) is 5.69 Å². The first-order valence-electron chi connectivity index (χ1n) is 14.7. The minimum Gasteiger partial charge on any atom is -0.383 e. The van der Waals surface area contributed by atoms with Crippen molar-refractivity contribution in [3.63, 3.8) is 0 Å². The third-order valence-electron chi connectivity index (χ3n) is 7.97. The lowest BCUT2D eigenvalue weighted by molar-refractivity contribution is -0.133. The summed E-state index contributed by atoms with van der Waals surface area (Å²) in [5.74, 6) is -1.11. The Balaban J connectivity index is 1.32. The molecule has 2 aromatic heterocycles. The van der Waals surface area contributed by atoms with Gasteiger partial charge in [0.05, 0.1) is 45.9 Å². The van der Waals surface area contributed by atoms with Crippen molar-refractivity contribution in [1.29, 1.82) is 0 Å². The molecule has 44 heavy (non-hydrogen) atoms. The van der Waals surface area contributed by atoms with Crippen LogP contribution in [0.25, 0.3) is 16.6 Å². The number of piperazine rings is 1. The number of methoxy groups -OCH3 is 1. The Labute approximate surface area is 260 Å². The zero-order valence-corrected chi connectivity index (χ0v) is 25.9. The Morgan fingerprint density at radius 2 is 1.80 bits per heavy atom. The molecule has 232 valence electrons. The highest BCUT2D eigenvalue weighted by molar-refractivity contribution is 6.31. The SMILES string of the molecule is CCCC(=O)c1cnn(-c2ccc(NC(=O)c3cn(CC(=O)N4CCN(CCOC)CC4)c4cc(F)c(Cl)cc34)cc2)c1C. The Hall–Kier alpha value is -4.06. The van der Waals surface area contributed by atoms with E-state index in [2.05, 4.69) is 15.3 Å². The van der Waals surface area contributed by atoms with Gasteiger partial charge in [-0.1, -0.05) is 18.5 Å². The molecule has 2 aromatic carbocycles. The number of amides is 2. The lowest BCUT2D eigenvalue weighted by Crippen LogP contribution is -2.50. The molecule has 4 aromatic rings. The Morgan fingerprint density at radius 1 is 1.07 bits per heavy atom. The van der Waals surface area contributed by atoms with Crippen molar-refractivity contribution >= 4 is 45.8 Å². The van der Waals surface area contributed by atoms with Crippen molar-refractivity contribution < 1.29 is 23.5 Å². The molecule has 0 radical (unpaired) electrons. The average molecular weight is 623 g/mol. The van der Waals surface area contributed by atoms with E-state index in [-0.39, 0.29) is 28.8 Å². The largest absolute Gasteiger partial charge is 0.383 e. The average Bonchev–Trinajstić information content (AvgIpc) is 3.57. The van der Waals surface area contributed by atoms with Crippen LogP contribution in [0.5, 0.6) is 0 Å². The van der Waals surface area contributed by atoms with Crippen LogP contribution in [0.4, 0.5) is 10.1 Å². The second kappa shape index (κ2) is 13.7. The lowest BCUT2D eigenvalue weighted by Gasteiger charge is -2.34. The summed E-state index contributed by atoms with van der Waals surface area (Å²) in [6.45, 7) is 7.88. The fourth-order valence-electron chi connectivity index (χ4n) is 5.47. The Bertz CT molecular complexity index is 1670. The highest BCUT2D eigenvalue weighted by atomic mass is 35.5. The predicted octanol–water partition coefficient (Wildman–Crippen LogP) is 4.95. The normalized spacial score (nSPS) is 13.9. The van der Waals surface area contributed by atoms with Crippen LogP contribution in [-0.2, 0) is 16.1 Å². The van der Waals surface area contributed by atoms with Crippen molar-refractivity contribution in [2.24, 2.45) is 0 Å². The summed E-state index contributed by atoms with van der Waals surface area (Å²) < 4.78 is 23.0. The first-order valence-corrected chi connectivity index (χ1v) is 15.0. The molecule has 0 atom stereocenters.